The van der Waals surface area contributed by atoms with Crippen molar-refractivity contribution in [3.63, 3.8) is 0 Å². The van der Waals surface area contributed by atoms with Gasteiger partial charge in [0.15, 0.2) is 32.8 Å². The first kappa shape index (κ1) is 23.8. The third-order valence-electron chi connectivity index (χ3n) is 5.04. The number of rotatable bonds is 9. The van der Waals surface area contributed by atoms with Gasteiger partial charge in [-0.3, -0.25) is 4.57 Å². The van der Waals surface area contributed by atoms with Crippen molar-refractivity contribution in [3.05, 3.63) is 71.5 Å². The maximum atomic E-state index is 13.4. The quantitative estimate of drug-likeness (QED) is 0.320. The first-order valence-corrected chi connectivity index (χ1v) is 12.0. The van der Waals surface area contributed by atoms with E-state index in [1.807, 2.05) is 0 Å². The van der Waals surface area contributed by atoms with Crippen LogP contribution in [0.3, 0.4) is 0 Å². The Balaban J connectivity index is 1.73. The number of hydrogen-bond acceptors (Lipinski definition) is 9. The molecule has 0 saturated carbocycles. The number of nitrogens with zero attached hydrogens (tertiary/aromatic N) is 6. The van der Waals surface area contributed by atoms with Crippen LogP contribution in [0.15, 0.2) is 47.3 Å². The lowest BCUT2D eigenvalue weighted by Crippen LogP contribution is -2.16. The SMILES string of the molecule is [C-]#[N+]c1cc(F)ccc1CCS(=O)(=O)Cc1nnc(-c2ccco2)n1-c1c(OC)ncnc1OC. The molecule has 0 aliphatic heterocycles. The third kappa shape index (κ3) is 4.97. The number of benzene rings is 1. The predicted molar refractivity (Wildman–Crippen MR) is 122 cm³/mol. The Bertz CT molecular complexity index is 1470. The van der Waals surface area contributed by atoms with Gasteiger partial charge in [-0.15, -0.1) is 10.2 Å². The maximum Gasteiger partial charge on any atom is 0.245 e. The highest BCUT2D eigenvalue weighted by atomic mass is 32.2. The van der Waals surface area contributed by atoms with E-state index in [2.05, 4.69) is 25.0 Å². The molecule has 0 atom stereocenters. The fraction of sp³-hybridized carbons (Fsp3) is 0.227. The molecule has 0 aliphatic rings. The summed E-state index contributed by atoms with van der Waals surface area (Å²) >= 11 is 0. The molecule has 1 aromatic carbocycles. The van der Waals surface area contributed by atoms with E-state index in [9.17, 15) is 12.8 Å². The number of ether oxygens (including phenoxy) is 2. The van der Waals surface area contributed by atoms with Crippen molar-refractivity contribution < 1.29 is 26.7 Å². The zero-order valence-electron chi connectivity index (χ0n) is 18.7. The monoisotopic (exact) mass is 498 g/mol. The van der Waals surface area contributed by atoms with Gasteiger partial charge < -0.3 is 13.9 Å². The third-order valence-corrected chi connectivity index (χ3v) is 6.56. The van der Waals surface area contributed by atoms with Gasteiger partial charge in [0.2, 0.25) is 17.6 Å². The lowest BCUT2D eigenvalue weighted by molar-refractivity contribution is 0.368. The zero-order chi connectivity index (χ0) is 25.0. The highest BCUT2D eigenvalue weighted by Crippen LogP contribution is 2.34. The van der Waals surface area contributed by atoms with E-state index in [0.717, 1.165) is 6.07 Å². The summed E-state index contributed by atoms with van der Waals surface area (Å²) < 4.78 is 57.2. The number of methoxy groups -OCH3 is 2. The Morgan fingerprint density at radius 2 is 1.89 bits per heavy atom. The number of hydrogen-bond donors (Lipinski definition) is 0. The van der Waals surface area contributed by atoms with Crippen LogP contribution in [0, 0.1) is 12.4 Å². The van der Waals surface area contributed by atoms with E-state index in [-0.39, 0.29) is 47.0 Å². The van der Waals surface area contributed by atoms with Crippen molar-refractivity contribution in [1.82, 2.24) is 24.7 Å². The van der Waals surface area contributed by atoms with E-state index in [1.54, 1.807) is 12.1 Å². The maximum absolute atomic E-state index is 13.4. The van der Waals surface area contributed by atoms with Crippen molar-refractivity contribution >= 4 is 15.5 Å². The predicted octanol–water partition coefficient (Wildman–Crippen LogP) is 3.18. The Labute approximate surface area is 199 Å². The minimum absolute atomic E-state index is 0.0284. The number of furan rings is 1. The Hall–Kier alpha value is -4.31. The highest BCUT2D eigenvalue weighted by Gasteiger charge is 2.28. The van der Waals surface area contributed by atoms with Crippen molar-refractivity contribution in [2.75, 3.05) is 20.0 Å². The summed E-state index contributed by atoms with van der Waals surface area (Å²) in [6.07, 6.45) is 2.71. The number of aryl methyl sites for hydroxylation is 1. The summed E-state index contributed by atoms with van der Waals surface area (Å²) in [5, 5.41) is 8.23. The molecule has 0 N–H and O–H groups in total. The second kappa shape index (κ2) is 9.90. The fourth-order valence-corrected chi connectivity index (χ4v) is 4.69. The molecule has 0 radical (unpaired) electrons. The van der Waals surface area contributed by atoms with E-state index in [0.29, 0.717) is 11.3 Å². The van der Waals surface area contributed by atoms with Crippen LogP contribution in [0.2, 0.25) is 0 Å². The number of sulfone groups is 1. The molecule has 0 fully saturated rings. The Kier molecular flexibility index (Phi) is 6.74. The molecule has 3 heterocycles. The molecule has 3 aromatic heterocycles. The van der Waals surface area contributed by atoms with Crippen LogP contribution in [-0.2, 0) is 22.0 Å². The standard InChI is InChI=1S/C22H19FN6O5S/c1-24-16-11-15(23)7-6-14(16)8-10-35(30,31)12-18-27-28-20(17-5-4-9-34-17)29(18)19-21(32-2)25-13-26-22(19)33-3/h4-7,9,11,13H,8,10,12H2,2-3H3. The van der Waals surface area contributed by atoms with Gasteiger partial charge in [-0.1, -0.05) is 6.07 Å². The van der Waals surface area contributed by atoms with Crippen molar-refractivity contribution in [2.45, 2.75) is 12.2 Å². The molecule has 0 amide bonds. The lowest BCUT2D eigenvalue weighted by atomic mass is 10.1. The smallest absolute Gasteiger partial charge is 0.245 e. The molecule has 0 aliphatic carbocycles. The molecule has 13 heteroatoms. The average Bonchev–Trinajstić information content (AvgIpc) is 3.52. The largest absolute Gasteiger partial charge is 0.479 e. The van der Waals surface area contributed by atoms with Gasteiger partial charge in [-0.2, -0.15) is 9.97 Å². The van der Waals surface area contributed by atoms with Gasteiger partial charge >= 0.3 is 0 Å². The second-order valence-corrected chi connectivity index (χ2v) is 9.40. The summed E-state index contributed by atoms with van der Waals surface area (Å²) in [6, 6.07) is 6.97. The Morgan fingerprint density at radius 3 is 2.51 bits per heavy atom. The van der Waals surface area contributed by atoms with Crippen LogP contribution in [0.1, 0.15) is 11.4 Å². The Morgan fingerprint density at radius 1 is 1.14 bits per heavy atom. The van der Waals surface area contributed by atoms with Gasteiger partial charge in [-0.05, 0) is 36.2 Å². The molecule has 0 spiro atoms. The molecule has 0 bridgehead atoms. The van der Waals surface area contributed by atoms with E-state index in [4.69, 9.17) is 20.5 Å². The molecule has 0 unspecified atom stereocenters. The van der Waals surface area contributed by atoms with Gasteiger partial charge in [0.05, 0.1) is 32.8 Å². The number of aromatic nitrogens is 5. The molecular formula is C22H19FN6O5S. The van der Waals surface area contributed by atoms with Crippen LogP contribution < -0.4 is 9.47 Å². The van der Waals surface area contributed by atoms with Gasteiger partial charge in [0.25, 0.3) is 0 Å². The van der Waals surface area contributed by atoms with Gasteiger partial charge in [0, 0.05) is 0 Å². The van der Waals surface area contributed by atoms with Gasteiger partial charge in [0.1, 0.15) is 17.9 Å². The molecule has 11 nitrogen and oxygen atoms in total. The van der Waals surface area contributed by atoms with E-state index in [1.165, 1.54) is 43.5 Å². The first-order chi connectivity index (χ1) is 16.9. The topological polar surface area (TPSA) is 127 Å². The summed E-state index contributed by atoms with van der Waals surface area (Å²) in [4.78, 5) is 11.5. The molecule has 4 aromatic rings. The van der Waals surface area contributed by atoms with Crippen LogP contribution in [0.4, 0.5) is 10.1 Å². The van der Waals surface area contributed by atoms with Crippen LogP contribution >= 0.6 is 0 Å². The van der Waals surface area contributed by atoms with Crippen LogP contribution in [0.5, 0.6) is 11.8 Å². The summed E-state index contributed by atoms with van der Waals surface area (Å²) in [5.41, 5.74) is 0.704. The van der Waals surface area contributed by atoms with Crippen molar-refractivity contribution in [3.8, 4) is 29.0 Å². The molecule has 0 saturated heterocycles. The second-order valence-electron chi connectivity index (χ2n) is 7.22. The van der Waals surface area contributed by atoms with Crippen LogP contribution in [0.25, 0.3) is 22.1 Å². The molecule has 180 valence electrons. The summed E-state index contributed by atoms with van der Waals surface area (Å²) in [6.45, 7) is 7.21. The summed E-state index contributed by atoms with van der Waals surface area (Å²) in [7, 11) is -0.968. The zero-order valence-corrected chi connectivity index (χ0v) is 19.5. The van der Waals surface area contributed by atoms with Gasteiger partial charge in [-0.25, -0.2) is 17.7 Å². The molecule has 35 heavy (non-hydrogen) atoms. The van der Waals surface area contributed by atoms with E-state index >= 15 is 0 Å². The first-order valence-electron chi connectivity index (χ1n) is 10.1. The van der Waals surface area contributed by atoms with Crippen molar-refractivity contribution in [2.24, 2.45) is 0 Å². The normalized spacial score (nSPS) is 11.3. The summed E-state index contributed by atoms with van der Waals surface area (Å²) in [5.74, 6) is -0.587. The minimum atomic E-state index is -3.77. The van der Waals surface area contributed by atoms with Crippen LogP contribution in [-0.4, -0.2) is 53.1 Å². The van der Waals surface area contributed by atoms with Crippen molar-refractivity contribution in [1.29, 1.82) is 0 Å². The lowest BCUT2D eigenvalue weighted by Gasteiger charge is -2.15. The fourth-order valence-electron chi connectivity index (χ4n) is 3.43. The van der Waals surface area contributed by atoms with E-state index < -0.39 is 21.4 Å². The minimum Gasteiger partial charge on any atom is -0.479 e. The number of halogens is 1. The average molecular weight is 498 g/mol. The highest BCUT2D eigenvalue weighted by molar-refractivity contribution is 7.90. The molecule has 4 rings (SSSR count). The molecular weight excluding hydrogens is 479 g/mol.